The second-order valence-electron chi connectivity index (χ2n) is 9.42. The molecular weight excluding hydrogens is 530 g/mol. The van der Waals surface area contributed by atoms with Crippen LogP contribution in [0.1, 0.15) is 36.2 Å². The molecule has 4 rings (SSSR count). The number of fused-ring (bicyclic) bond motifs is 1. The van der Waals surface area contributed by atoms with Crippen molar-refractivity contribution in [2.45, 2.75) is 27.2 Å². The van der Waals surface area contributed by atoms with E-state index in [-0.39, 0.29) is 18.1 Å². The summed E-state index contributed by atoms with van der Waals surface area (Å²) in [4.78, 5) is 48.0. The number of carbonyl (C=O) groups is 2. The molecular formula is C30H32F2N6O3. The van der Waals surface area contributed by atoms with E-state index in [4.69, 9.17) is 4.98 Å². The number of pyridine rings is 1. The van der Waals surface area contributed by atoms with Crippen molar-refractivity contribution in [1.82, 2.24) is 24.8 Å². The van der Waals surface area contributed by atoms with Crippen LogP contribution >= 0.6 is 0 Å². The molecule has 214 valence electrons. The highest BCUT2D eigenvalue weighted by atomic mass is 19.1. The van der Waals surface area contributed by atoms with E-state index >= 15 is 0 Å². The van der Waals surface area contributed by atoms with E-state index in [0.29, 0.717) is 35.0 Å². The first-order valence-corrected chi connectivity index (χ1v) is 13.5. The summed E-state index contributed by atoms with van der Waals surface area (Å²) in [5.74, 6) is -2.12. The Bertz CT molecular complexity index is 1610. The molecule has 0 radical (unpaired) electrons. The summed E-state index contributed by atoms with van der Waals surface area (Å²) in [6.07, 6.45) is 1.37. The molecule has 0 aliphatic rings. The summed E-state index contributed by atoms with van der Waals surface area (Å²) in [5.41, 5.74) is 0.778. The number of aldehydes is 1. The van der Waals surface area contributed by atoms with Crippen LogP contribution in [0.2, 0.25) is 0 Å². The maximum Gasteiger partial charge on any atom is 0.256 e. The molecule has 0 aliphatic heterocycles. The molecule has 2 aromatic heterocycles. The number of benzene rings is 2. The van der Waals surface area contributed by atoms with Crippen LogP contribution in [0.5, 0.6) is 0 Å². The fraction of sp³-hybridized carbons (Fsp3) is 0.300. The van der Waals surface area contributed by atoms with Gasteiger partial charge in [0.05, 0.1) is 12.2 Å². The first-order valence-electron chi connectivity index (χ1n) is 13.5. The molecule has 0 unspecified atom stereocenters. The van der Waals surface area contributed by atoms with Gasteiger partial charge in [-0.05, 0) is 68.9 Å². The molecule has 11 heteroatoms. The van der Waals surface area contributed by atoms with Crippen molar-refractivity contribution in [3.05, 3.63) is 81.6 Å². The Balaban J connectivity index is 1.91. The van der Waals surface area contributed by atoms with Crippen molar-refractivity contribution < 1.29 is 18.4 Å². The van der Waals surface area contributed by atoms with Gasteiger partial charge >= 0.3 is 0 Å². The maximum atomic E-state index is 14.9. The summed E-state index contributed by atoms with van der Waals surface area (Å²) >= 11 is 0. The summed E-state index contributed by atoms with van der Waals surface area (Å²) in [5, 5.41) is 6.06. The second kappa shape index (κ2) is 13.2. The zero-order valence-electron chi connectivity index (χ0n) is 23.2. The van der Waals surface area contributed by atoms with Gasteiger partial charge in [0.2, 0.25) is 5.95 Å². The van der Waals surface area contributed by atoms with Gasteiger partial charge in [-0.15, -0.1) is 0 Å². The molecule has 2 aromatic carbocycles. The molecule has 0 atom stereocenters. The number of amides is 1. The minimum absolute atomic E-state index is 0.00736. The van der Waals surface area contributed by atoms with Crippen LogP contribution in [0.4, 0.5) is 14.7 Å². The Morgan fingerprint density at radius 1 is 1.05 bits per heavy atom. The molecule has 0 saturated carbocycles. The molecule has 0 saturated heterocycles. The number of hydrogen-bond donors (Lipinski definition) is 2. The number of hydrogen-bond acceptors (Lipinski definition) is 7. The Labute approximate surface area is 236 Å². The van der Waals surface area contributed by atoms with Crippen LogP contribution in [-0.2, 0) is 4.79 Å². The Hall–Kier alpha value is -4.51. The number of halogens is 2. The minimum Gasteiger partial charge on any atom is -0.354 e. The molecule has 41 heavy (non-hydrogen) atoms. The SMILES string of the molecule is CCN(CC)CCCNc1nc(-c2cc(C(=O)NCC=O)ccc2C)c2ccc(=O)n(-c3c(F)cccc3F)c2n1. The van der Waals surface area contributed by atoms with E-state index in [2.05, 4.69) is 34.4 Å². The number of para-hydroxylation sites is 1. The van der Waals surface area contributed by atoms with Crippen molar-refractivity contribution in [3.63, 3.8) is 0 Å². The lowest BCUT2D eigenvalue weighted by atomic mass is 9.99. The lowest BCUT2D eigenvalue weighted by molar-refractivity contribution is -0.107. The normalized spacial score (nSPS) is 11.2. The molecule has 4 aromatic rings. The maximum absolute atomic E-state index is 14.9. The van der Waals surface area contributed by atoms with Gasteiger partial charge in [0, 0.05) is 29.1 Å². The smallest absolute Gasteiger partial charge is 0.256 e. The Morgan fingerprint density at radius 3 is 2.46 bits per heavy atom. The Kier molecular flexibility index (Phi) is 9.51. The van der Waals surface area contributed by atoms with Crippen LogP contribution < -0.4 is 16.2 Å². The van der Waals surface area contributed by atoms with Gasteiger partial charge in [-0.1, -0.05) is 26.0 Å². The van der Waals surface area contributed by atoms with Crippen LogP contribution in [-0.4, -0.2) is 64.4 Å². The van der Waals surface area contributed by atoms with Gasteiger partial charge < -0.3 is 20.3 Å². The van der Waals surface area contributed by atoms with E-state index in [9.17, 15) is 23.2 Å². The fourth-order valence-corrected chi connectivity index (χ4v) is 4.62. The third kappa shape index (κ3) is 6.46. The van der Waals surface area contributed by atoms with Gasteiger partial charge in [0.1, 0.15) is 23.6 Å². The number of nitrogens with zero attached hydrogens (tertiary/aromatic N) is 4. The number of carbonyl (C=O) groups excluding carboxylic acids is 2. The minimum atomic E-state index is -0.918. The summed E-state index contributed by atoms with van der Waals surface area (Å²) in [6.45, 7) is 9.08. The number of anilines is 1. The van der Waals surface area contributed by atoms with Crippen molar-refractivity contribution in [2.75, 3.05) is 38.0 Å². The first-order chi connectivity index (χ1) is 19.8. The zero-order valence-corrected chi connectivity index (χ0v) is 23.2. The van der Waals surface area contributed by atoms with Gasteiger partial charge in [-0.2, -0.15) is 4.98 Å². The van der Waals surface area contributed by atoms with Crippen molar-refractivity contribution >= 4 is 29.2 Å². The number of rotatable bonds is 12. The zero-order chi connectivity index (χ0) is 29.5. The highest BCUT2D eigenvalue weighted by Gasteiger charge is 2.21. The lowest BCUT2D eigenvalue weighted by Gasteiger charge is -2.18. The van der Waals surface area contributed by atoms with E-state index in [1.807, 2.05) is 6.92 Å². The van der Waals surface area contributed by atoms with Crippen molar-refractivity contribution in [2.24, 2.45) is 0 Å². The largest absolute Gasteiger partial charge is 0.354 e. The molecule has 0 spiro atoms. The van der Waals surface area contributed by atoms with Crippen molar-refractivity contribution in [1.29, 1.82) is 0 Å². The topological polar surface area (TPSA) is 109 Å². The summed E-state index contributed by atoms with van der Waals surface area (Å²) in [7, 11) is 0. The molecule has 2 heterocycles. The highest BCUT2D eigenvalue weighted by molar-refractivity contribution is 5.99. The van der Waals surface area contributed by atoms with Gasteiger partial charge in [0.25, 0.3) is 11.5 Å². The fourth-order valence-electron chi connectivity index (χ4n) is 4.62. The first kappa shape index (κ1) is 29.5. The molecule has 0 aliphatic carbocycles. The number of aryl methyl sites for hydroxylation is 1. The molecule has 0 bridgehead atoms. The number of aromatic nitrogens is 3. The second-order valence-corrected chi connectivity index (χ2v) is 9.42. The van der Waals surface area contributed by atoms with Gasteiger partial charge in [-0.3, -0.25) is 14.2 Å². The molecule has 9 nitrogen and oxygen atoms in total. The third-order valence-electron chi connectivity index (χ3n) is 6.84. The van der Waals surface area contributed by atoms with Crippen LogP contribution in [0.15, 0.2) is 53.3 Å². The van der Waals surface area contributed by atoms with Crippen LogP contribution in [0, 0.1) is 18.6 Å². The van der Waals surface area contributed by atoms with E-state index in [1.54, 1.807) is 18.2 Å². The number of nitrogens with one attached hydrogen (secondary N) is 2. The lowest BCUT2D eigenvalue weighted by Crippen LogP contribution is -2.26. The van der Waals surface area contributed by atoms with Gasteiger partial charge in [-0.25, -0.2) is 13.8 Å². The van der Waals surface area contributed by atoms with E-state index in [1.165, 1.54) is 18.2 Å². The molecule has 1 amide bonds. The Morgan fingerprint density at radius 2 is 1.78 bits per heavy atom. The van der Waals surface area contributed by atoms with Gasteiger partial charge in [0.15, 0.2) is 5.65 Å². The summed E-state index contributed by atoms with van der Waals surface area (Å²) in [6, 6.07) is 11.1. The monoisotopic (exact) mass is 562 g/mol. The standard InChI is InChI=1S/C30H32F2N6O3/c1-4-37(5-2)16-7-14-34-30-35-26(22-18-20(11-10-19(22)3)29(41)33-15-17-39)21-12-13-25(40)38(28(21)36-30)27-23(31)8-6-9-24(27)32/h6,8-13,17-18H,4-5,7,14-16H2,1-3H3,(H,33,41)(H,34,35,36). The average molecular weight is 563 g/mol. The van der Waals surface area contributed by atoms with E-state index in [0.717, 1.165) is 48.3 Å². The predicted molar refractivity (Wildman–Crippen MR) is 155 cm³/mol. The molecule has 2 N–H and O–H groups in total. The van der Waals surface area contributed by atoms with Crippen LogP contribution in [0.3, 0.4) is 0 Å². The summed E-state index contributed by atoms with van der Waals surface area (Å²) < 4.78 is 30.8. The quantitative estimate of drug-likeness (QED) is 0.198. The predicted octanol–water partition coefficient (Wildman–Crippen LogP) is 4.11. The van der Waals surface area contributed by atoms with Crippen molar-refractivity contribution in [3.8, 4) is 16.9 Å². The highest BCUT2D eigenvalue weighted by Crippen LogP contribution is 2.31. The average Bonchev–Trinajstić information content (AvgIpc) is 2.96. The molecule has 0 fully saturated rings. The third-order valence-corrected chi connectivity index (χ3v) is 6.84. The van der Waals surface area contributed by atoms with Crippen LogP contribution in [0.25, 0.3) is 28.0 Å². The van der Waals surface area contributed by atoms with E-state index < -0.39 is 28.8 Å².